The summed E-state index contributed by atoms with van der Waals surface area (Å²) >= 11 is 1.15. The maximum atomic E-state index is 13.0. The van der Waals surface area contributed by atoms with E-state index in [1.165, 1.54) is 48.7 Å². The number of methoxy groups -OCH3 is 1. The number of carbonyl (C=O) groups excluding carboxylic acids is 3. The highest BCUT2D eigenvalue weighted by Crippen LogP contribution is 2.42. The summed E-state index contributed by atoms with van der Waals surface area (Å²) in [4.78, 5) is 42.8. The fourth-order valence-electron chi connectivity index (χ4n) is 3.31. The molecule has 3 heterocycles. The smallest absolute Gasteiger partial charge is 0.337 e. The van der Waals surface area contributed by atoms with Gasteiger partial charge in [0.05, 0.1) is 24.3 Å². The predicted octanol–water partition coefficient (Wildman–Crippen LogP) is 2.65. The average molecular weight is 436 g/mol. The van der Waals surface area contributed by atoms with E-state index < -0.39 is 23.7 Å². The number of anilines is 1. The number of Topliss-reactive ketones (excluding diaryl/α,β-unsaturated/α-hetero) is 1. The van der Waals surface area contributed by atoms with Crippen molar-refractivity contribution in [2.24, 2.45) is 0 Å². The summed E-state index contributed by atoms with van der Waals surface area (Å²) < 4.78 is 4.72. The van der Waals surface area contributed by atoms with Crippen LogP contribution >= 0.6 is 11.3 Å². The molecular weight excluding hydrogens is 420 g/mol. The van der Waals surface area contributed by atoms with E-state index in [2.05, 4.69) is 15.2 Å². The Hall–Kier alpha value is -3.92. The first-order valence-electron chi connectivity index (χ1n) is 9.12. The third-order valence-electron chi connectivity index (χ3n) is 4.77. The van der Waals surface area contributed by atoms with E-state index in [9.17, 15) is 19.5 Å². The Morgan fingerprint density at radius 1 is 1.06 bits per heavy atom. The van der Waals surface area contributed by atoms with E-state index in [0.29, 0.717) is 21.7 Å². The minimum absolute atomic E-state index is 0.0881. The fourth-order valence-corrected chi connectivity index (χ4v) is 4.03. The van der Waals surface area contributed by atoms with Crippen LogP contribution in [-0.4, -0.2) is 45.1 Å². The number of carbonyl (C=O) groups is 3. The number of amides is 1. The first kappa shape index (κ1) is 20.4. The highest BCUT2D eigenvalue weighted by molar-refractivity contribution is 7.15. The van der Waals surface area contributed by atoms with Gasteiger partial charge in [0.15, 0.2) is 0 Å². The van der Waals surface area contributed by atoms with Crippen molar-refractivity contribution in [1.82, 2.24) is 15.2 Å². The molecule has 1 aromatic carbocycles. The minimum atomic E-state index is -0.952. The van der Waals surface area contributed by atoms with Crippen LogP contribution in [0.5, 0.6) is 0 Å². The van der Waals surface area contributed by atoms with Crippen molar-refractivity contribution in [3.8, 4) is 0 Å². The summed E-state index contributed by atoms with van der Waals surface area (Å²) in [5.74, 6) is -2.51. The fraction of sp³-hybridized carbons (Fsp3) is 0.143. The number of esters is 1. The van der Waals surface area contributed by atoms with Gasteiger partial charge in [0, 0.05) is 18.0 Å². The van der Waals surface area contributed by atoms with Crippen molar-refractivity contribution in [3.63, 3.8) is 0 Å². The molecule has 1 amide bonds. The SMILES string of the molecule is COC(=O)c1ccc(C2C(=C(O)c3ccncc3)C(=O)C(=O)N2c2nnc(C)s2)cc1. The molecule has 0 aliphatic carbocycles. The predicted molar refractivity (Wildman–Crippen MR) is 111 cm³/mol. The summed E-state index contributed by atoms with van der Waals surface area (Å²) in [5, 5.41) is 19.7. The van der Waals surface area contributed by atoms with Gasteiger partial charge in [0.1, 0.15) is 10.8 Å². The maximum Gasteiger partial charge on any atom is 0.337 e. The zero-order valence-electron chi connectivity index (χ0n) is 16.5. The second-order valence-electron chi connectivity index (χ2n) is 6.62. The van der Waals surface area contributed by atoms with Crippen molar-refractivity contribution < 1.29 is 24.2 Å². The molecule has 0 radical (unpaired) electrons. The minimum Gasteiger partial charge on any atom is -0.507 e. The lowest BCUT2D eigenvalue weighted by Gasteiger charge is -2.22. The molecule has 1 unspecified atom stereocenters. The quantitative estimate of drug-likeness (QED) is 0.287. The van der Waals surface area contributed by atoms with Gasteiger partial charge in [-0.15, -0.1) is 10.2 Å². The van der Waals surface area contributed by atoms with E-state index in [4.69, 9.17) is 4.74 Å². The van der Waals surface area contributed by atoms with Gasteiger partial charge in [0.2, 0.25) is 5.13 Å². The van der Waals surface area contributed by atoms with E-state index in [1.54, 1.807) is 19.1 Å². The van der Waals surface area contributed by atoms with Gasteiger partial charge in [-0.1, -0.05) is 23.5 Å². The van der Waals surface area contributed by atoms with E-state index in [-0.39, 0.29) is 16.5 Å². The topological polar surface area (TPSA) is 123 Å². The van der Waals surface area contributed by atoms with E-state index >= 15 is 0 Å². The average Bonchev–Trinajstić information content (AvgIpc) is 3.34. The summed E-state index contributed by atoms with van der Waals surface area (Å²) in [7, 11) is 1.28. The molecule has 0 spiro atoms. The first-order valence-corrected chi connectivity index (χ1v) is 9.93. The Kier molecular flexibility index (Phi) is 5.30. The molecule has 1 aliphatic rings. The molecule has 1 saturated heterocycles. The molecule has 1 atom stereocenters. The molecule has 31 heavy (non-hydrogen) atoms. The largest absolute Gasteiger partial charge is 0.507 e. The lowest BCUT2D eigenvalue weighted by atomic mass is 9.95. The monoisotopic (exact) mass is 436 g/mol. The zero-order chi connectivity index (χ0) is 22.1. The number of nitrogens with zero attached hydrogens (tertiary/aromatic N) is 4. The zero-order valence-corrected chi connectivity index (χ0v) is 17.3. The number of aliphatic hydroxyl groups excluding tert-OH is 1. The van der Waals surface area contributed by atoms with Crippen LogP contribution in [0.4, 0.5) is 5.13 Å². The molecular formula is C21H16N4O5S. The van der Waals surface area contributed by atoms with Crippen LogP contribution < -0.4 is 4.90 Å². The summed E-state index contributed by atoms with van der Waals surface area (Å²) in [6.45, 7) is 1.73. The second kappa shape index (κ2) is 8.07. The lowest BCUT2D eigenvalue weighted by molar-refractivity contribution is -0.132. The lowest BCUT2D eigenvalue weighted by Crippen LogP contribution is -2.29. The van der Waals surface area contributed by atoms with Gasteiger partial charge in [-0.2, -0.15) is 0 Å². The van der Waals surface area contributed by atoms with Crippen LogP contribution in [0.25, 0.3) is 5.76 Å². The van der Waals surface area contributed by atoms with Gasteiger partial charge in [-0.25, -0.2) is 4.79 Å². The van der Waals surface area contributed by atoms with Crippen LogP contribution in [0.15, 0.2) is 54.4 Å². The molecule has 4 rings (SSSR count). The number of pyridine rings is 1. The molecule has 1 N–H and O–H groups in total. The van der Waals surface area contributed by atoms with Gasteiger partial charge >= 0.3 is 11.9 Å². The summed E-state index contributed by atoms with van der Waals surface area (Å²) in [6, 6.07) is 8.38. The number of ketones is 1. The summed E-state index contributed by atoms with van der Waals surface area (Å²) in [6.07, 6.45) is 2.94. The van der Waals surface area contributed by atoms with Gasteiger partial charge in [-0.3, -0.25) is 19.5 Å². The van der Waals surface area contributed by atoms with Crippen LogP contribution in [0.2, 0.25) is 0 Å². The number of hydrogen-bond acceptors (Lipinski definition) is 9. The van der Waals surface area contributed by atoms with Crippen molar-refractivity contribution in [2.45, 2.75) is 13.0 Å². The highest BCUT2D eigenvalue weighted by atomic mass is 32.1. The molecule has 156 valence electrons. The first-order chi connectivity index (χ1) is 14.9. The molecule has 1 aliphatic heterocycles. The number of hydrogen-bond donors (Lipinski definition) is 1. The Bertz CT molecular complexity index is 1200. The van der Waals surface area contributed by atoms with E-state index in [1.807, 2.05) is 0 Å². The summed E-state index contributed by atoms with van der Waals surface area (Å²) in [5.41, 5.74) is 1.08. The Morgan fingerprint density at radius 3 is 2.32 bits per heavy atom. The Morgan fingerprint density at radius 2 is 1.74 bits per heavy atom. The van der Waals surface area contributed by atoms with Crippen LogP contribution in [0.1, 0.15) is 32.5 Å². The highest BCUT2D eigenvalue weighted by Gasteiger charge is 2.48. The van der Waals surface area contributed by atoms with Crippen LogP contribution in [-0.2, 0) is 14.3 Å². The van der Waals surface area contributed by atoms with Gasteiger partial charge in [0.25, 0.3) is 5.78 Å². The van der Waals surface area contributed by atoms with Crippen molar-refractivity contribution >= 4 is 39.9 Å². The third-order valence-corrected chi connectivity index (χ3v) is 5.61. The number of aliphatic hydroxyl groups is 1. The van der Waals surface area contributed by atoms with Crippen LogP contribution in [0.3, 0.4) is 0 Å². The molecule has 10 heteroatoms. The molecule has 3 aromatic rings. The van der Waals surface area contributed by atoms with E-state index in [0.717, 1.165) is 11.3 Å². The molecule has 2 aromatic heterocycles. The maximum absolute atomic E-state index is 13.0. The van der Waals surface area contributed by atoms with Crippen molar-refractivity contribution in [1.29, 1.82) is 0 Å². The van der Waals surface area contributed by atoms with Gasteiger partial charge < -0.3 is 9.84 Å². The van der Waals surface area contributed by atoms with Gasteiger partial charge in [-0.05, 0) is 36.8 Å². The molecule has 0 bridgehead atoms. The van der Waals surface area contributed by atoms with Crippen molar-refractivity contribution in [3.05, 3.63) is 76.1 Å². The normalized spacial score (nSPS) is 17.7. The standard InChI is InChI=1S/C21H16N4O5S/c1-11-23-24-21(31-11)25-16(12-3-5-14(6-4-12)20(29)30-2)15(18(27)19(25)28)17(26)13-7-9-22-10-8-13/h3-10,16,26H,1-2H3. The number of aromatic nitrogens is 3. The number of rotatable bonds is 4. The number of ether oxygens (including phenoxy) is 1. The van der Waals surface area contributed by atoms with Crippen LogP contribution in [0, 0.1) is 6.92 Å². The number of aryl methyl sites for hydroxylation is 1. The Balaban J connectivity index is 1.90. The molecule has 0 saturated carbocycles. The van der Waals surface area contributed by atoms with Crippen molar-refractivity contribution in [2.75, 3.05) is 12.0 Å². The molecule has 1 fully saturated rings. The molecule has 9 nitrogen and oxygen atoms in total. The third kappa shape index (κ3) is 3.57. The Labute approximate surface area is 180 Å². The second-order valence-corrected chi connectivity index (χ2v) is 7.78. The number of benzene rings is 1.